The number of carbonyl (C=O) groups excluding carboxylic acids is 8. The summed E-state index contributed by atoms with van der Waals surface area (Å²) in [4.78, 5) is 111. The van der Waals surface area contributed by atoms with Crippen LogP contribution in [0.1, 0.15) is 116 Å². The van der Waals surface area contributed by atoms with Crippen molar-refractivity contribution in [3.63, 3.8) is 0 Å². The molecule has 0 heterocycles. The van der Waals surface area contributed by atoms with Crippen molar-refractivity contribution >= 4 is 46.6 Å². The highest BCUT2D eigenvalue weighted by atomic mass is 16.6. The lowest BCUT2D eigenvalue weighted by Crippen LogP contribution is -2.78. The van der Waals surface area contributed by atoms with Crippen molar-refractivity contribution in [2.24, 2.45) is 16.2 Å². The summed E-state index contributed by atoms with van der Waals surface area (Å²) in [5.41, 5.74) is -15.5. The molecule has 4 saturated carbocycles. The van der Waals surface area contributed by atoms with E-state index in [-0.39, 0.29) is 6.42 Å². The Labute approximate surface area is 271 Å². The van der Waals surface area contributed by atoms with Gasteiger partial charge in [0.2, 0.25) is 5.41 Å². The SMILES string of the molecule is CCCCCCCCCCCCCCC12C(=O)CC(O)(CC(=O)C13C(=O)CC1(O)CC(=O)C3(C(=O)OC(=O)C(O)(O)CO)C1=O)C2=O. The van der Waals surface area contributed by atoms with Gasteiger partial charge in [0.1, 0.15) is 28.6 Å². The number of unbranched alkanes of at least 4 members (excludes halogenated alkanes) is 11. The highest BCUT2D eigenvalue weighted by Gasteiger charge is 2.93. The van der Waals surface area contributed by atoms with Crippen molar-refractivity contribution in [1.82, 2.24) is 0 Å². The maximum absolute atomic E-state index is 14.2. The summed E-state index contributed by atoms with van der Waals surface area (Å²) < 4.78 is 4.46. The first-order valence-corrected chi connectivity index (χ1v) is 16.5. The smallest absolute Gasteiger partial charge is 0.376 e. The number of fused-ring (bicyclic) bond motifs is 6. The monoisotopic (exact) mass is 664 g/mol. The molecular formula is C33H44O14. The van der Waals surface area contributed by atoms with Gasteiger partial charge >= 0.3 is 11.9 Å². The van der Waals surface area contributed by atoms with Gasteiger partial charge in [-0.3, -0.25) is 28.8 Å². The lowest BCUT2D eigenvalue weighted by atomic mass is 9.39. The fraction of sp³-hybridized carbons (Fsp3) is 0.758. The highest BCUT2D eigenvalue weighted by molar-refractivity contribution is 6.43. The van der Waals surface area contributed by atoms with Crippen LogP contribution in [-0.2, 0) is 43.1 Å². The molecule has 4 rings (SSSR count). The number of rotatable bonds is 16. The molecule has 0 saturated heterocycles. The van der Waals surface area contributed by atoms with Crippen LogP contribution in [0, 0.1) is 16.2 Å². The third-order valence-corrected chi connectivity index (χ3v) is 10.8. The minimum atomic E-state index is -3.73. The standard InChI is InChI=1S/C33H44O14/c1-2-3-4-5-6-7-8-9-10-11-12-13-14-30-20(35)15-28(43,24(30)39)17-22(37)33(30)23(38)18-29(44)16-21(36)32(33,25(29)40)27(42)47-26(41)31(45,46)19-34/h34,43-46H,2-19H2,1H3. The second kappa shape index (κ2) is 13.1. The number of hydrogen-bond donors (Lipinski definition) is 5. The van der Waals surface area contributed by atoms with Crippen LogP contribution < -0.4 is 0 Å². The lowest BCUT2D eigenvalue weighted by molar-refractivity contribution is -0.226. The molecule has 0 aromatic heterocycles. The summed E-state index contributed by atoms with van der Waals surface area (Å²) in [6.07, 6.45) is 5.55. The van der Waals surface area contributed by atoms with Crippen LogP contribution >= 0.6 is 0 Å². The average molecular weight is 665 g/mol. The van der Waals surface area contributed by atoms with E-state index in [1.807, 2.05) is 0 Å². The van der Waals surface area contributed by atoms with E-state index in [1.54, 1.807) is 0 Å². The number of hydrogen-bond acceptors (Lipinski definition) is 14. The number of carbonyl (C=O) groups is 8. The van der Waals surface area contributed by atoms with Crippen molar-refractivity contribution in [3.8, 4) is 0 Å². The number of esters is 2. The number of aliphatic hydroxyl groups is 5. The largest absolute Gasteiger partial charge is 0.390 e. The summed E-state index contributed by atoms with van der Waals surface area (Å²) in [6, 6.07) is 0. The molecule has 0 aromatic rings. The second-order valence-corrected chi connectivity index (χ2v) is 13.8. The lowest BCUT2D eigenvalue weighted by Gasteiger charge is -2.55. The zero-order chi connectivity index (χ0) is 35.1. The normalized spacial score (nSPS) is 33.3. The Morgan fingerprint density at radius 2 is 1.09 bits per heavy atom. The van der Waals surface area contributed by atoms with Gasteiger partial charge in [0.05, 0.1) is 0 Å². The zero-order valence-electron chi connectivity index (χ0n) is 26.6. The van der Waals surface area contributed by atoms with Gasteiger partial charge in [0.25, 0.3) is 5.79 Å². The minimum absolute atomic E-state index is 0.00446. The zero-order valence-corrected chi connectivity index (χ0v) is 26.6. The van der Waals surface area contributed by atoms with Gasteiger partial charge in [-0.05, 0) is 6.42 Å². The van der Waals surface area contributed by atoms with E-state index in [9.17, 15) is 58.8 Å². The van der Waals surface area contributed by atoms with E-state index in [0.717, 1.165) is 32.1 Å². The molecule has 14 heteroatoms. The fourth-order valence-electron chi connectivity index (χ4n) is 8.52. The number of Topliss-reactive ketones (excluding diaryl/α,β-unsaturated/α-hetero) is 6. The fourth-order valence-corrected chi connectivity index (χ4v) is 8.52. The molecule has 1 spiro atoms. The Morgan fingerprint density at radius 1 is 0.660 bits per heavy atom. The predicted molar refractivity (Wildman–Crippen MR) is 157 cm³/mol. The maximum atomic E-state index is 14.2. The Morgan fingerprint density at radius 3 is 1.57 bits per heavy atom. The van der Waals surface area contributed by atoms with Crippen molar-refractivity contribution in [2.75, 3.05) is 6.61 Å². The van der Waals surface area contributed by atoms with Gasteiger partial charge in [0, 0.05) is 25.7 Å². The molecule has 14 nitrogen and oxygen atoms in total. The van der Waals surface area contributed by atoms with Crippen LogP contribution in [0.2, 0.25) is 0 Å². The summed E-state index contributed by atoms with van der Waals surface area (Å²) in [5, 5.41) is 50.8. The summed E-state index contributed by atoms with van der Waals surface area (Å²) in [5.74, 6) is -17.0. The Kier molecular flexibility index (Phi) is 10.3. The number of aliphatic hydroxyl groups excluding tert-OH is 1. The Bertz CT molecular complexity index is 1370. The first-order chi connectivity index (χ1) is 22.0. The third-order valence-electron chi connectivity index (χ3n) is 10.8. The van der Waals surface area contributed by atoms with Crippen LogP contribution in [0.5, 0.6) is 0 Å². The number of ketones is 6. The number of ether oxygens (including phenoxy) is 1. The van der Waals surface area contributed by atoms with Gasteiger partial charge in [0.15, 0.2) is 34.7 Å². The van der Waals surface area contributed by atoms with Crippen molar-refractivity contribution in [2.45, 2.75) is 133 Å². The van der Waals surface area contributed by atoms with Gasteiger partial charge in [-0.1, -0.05) is 84.0 Å². The van der Waals surface area contributed by atoms with Crippen LogP contribution in [0.4, 0.5) is 0 Å². The van der Waals surface area contributed by atoms with Crippen LogP contribution in [0.25, 0.3) is 0 Å². The third kappa shape index (κ3) is 5.27. The van der Waals surface area contributed by atoms with Crippen LogP contribution in [0.3, 0.4) is 0 Å². The van der Waals surface area contributed by atoms with Crippen LogP contribution in [-0.4, -0.2) is 95.8 Å². The quantitative estimate of drug-likeness (QED) is 0.0643. The van der Waals surface area contributed by atoms with E-state index in [4.69, 9.17) is 5.11 Å². The molecule has 4 bridgehead atoms. The molecule has 0 aliphatic heterocycles. The van der Waals surface area contributed by atoms with E-state index in [0.29, 0.717) is 12.8 Å². The van der Waals surface area contributed by atoms with Crippen molar-refractivity contribution in [1.29, 1.82) is 0 Å². The van der Waals surface area contributed by atoms with Gasteiger partial charge in [-0.15, -0.1) is 0 Å². The summed E-state index contributed by atoms with van der Waals surface area (Å²) >= 11 is 0. The molecule has 4 fully saturated rings. The summed E-state index contributed by atoms with van der Waals surface area (Å²) in [7, 11) is 0. The van der Waals surface area contributed by atoms with E-state index in [2.05, 4.69) is 11.7 Å². The van der Waals surface area contributed by atoms with Crippen molar-refractivity contribution < 1.29 is 68.6 Å². The summed E-state index contributed by atoms with van der Waals surface area (Å²) in [6.45, 7) is 0.436. The molecule has 4 aliphatic rings. The topological polar surface area (TPSA) is 247 Å². The van der Waals surface area contributed by atoms with Gasteiger partial charge in [-0.2, -0.15) is 0 Å². The maximum Gasteiger partial charge on any atom is 0.376 e. The molecule has 5 atom stereocenters. The predicted octanol–water partition coefficient (Wildman–Crippen LogP) is 0.271. The molecule has 5 N–H and O–H groups in total. The Balaban J connectivity index is 1.69. The molecule has 0 amide bonds. The molecule has 0 aromatic carbocycles. The Hall–Kier alpha value is -3.04. The first-order valence-electron chi connectivity index (χ1n) is 16.5. The van der Waals surface area contributed by atoms with Crippen LogP contribution in [0.15, 0.2) is 0 Å². The minimum Gasteiger partial charge on any atom is -0.390 e. The second-order valence-electron chi connectivity index (χ2n) is 13.8. The van der Waals surface area contributed by atoms with E-state index in [1.165, 1.54) is 25.7 Å². The van der Waals surface area contributed by atoms with Crippen molar-refractivity contribution in [3.05, 3.63) is 0 Å². The average Bonchev–Trinajstić information content (AvgIpc) is 3.23. The van der Waals surface area contributed by atoms with Gasteiger partial charge in [-0.25, -0.2) is 9.59 Å². The molecule has 4 aliphatic carbocycles. The molecular weight excluding hydrogens is 620 g/mol. The van der Waals surface area contributed by atoms with Gasteiger partial charge < -0.3 is 30.3 Å². The molecule has 0 radical (unpaired) electrons. The van der Waals surface area contributed by atoms with E-state index >= 15 is 0 Å². The molecule has 47 heavy (non-hydrogen) atoms. The highest BCUT2D eigenvalue weighted by Crippen LogP contribution is 2.71. The molecule has 260 valence electrons. The first kappa shape index (κ1) is 36.8. The van der Waals surface area contributed by atoms with E-state index < -0.39 is 119 Å². The molecule has 5 unspecified atom stereocenters.